The molecule has 8 heteroatoms. The van der Waals surface area contributed by atoms with Crippen LogP contribution >= 0.6 is 23.1 Å². The number of thioether (sulfide) groups is 1. The number of aromatic nitrogens is 3. The third-order valence-electron chi connectivity index (χ3n) is 3.28. The first-order valence-corrected chi connectivity index (χ1v) is 8.75. The summed E-state index contributed by atoms with van der Waals surface area (Å²) in [5.41, 5.74) is 2.91. The predicted molar refractivity (Wildman–Crippen MR) is 91.7 cm³/mol. The van der Waals surface area contributed by atoms with Crippen LogP contribution < -0.4 is 10.1 Å². The van der Waals surface area contributed by atoms with Crippen molar-refractivity contribution >= 4 is 33.9 Å². The van der Waals surface area contributed by atoms with Gasteiger partial charge < -0.3 is 14.6 Å². The normalized spacial score (nSPS) is 10.7. The molecule has 0 unspecified atom stereocenters. The SMILES string of the molecule is COc1ccccc1Nc1nnc(SCc2c(C)noc2C)s1. The Balaban J connectivity index is 1.66. The largest absolute Gasteiger partial charge is 0.495 e. The Kier molecular flexibility index (Phi) is 4.82. The van der Waals surface area contributed by atoms with Crippen LogP contribution in [0.15, 0.2) is 33.1 Å². The van der Waals surface area contributed by atoms with Crippen molar-refractivity contribution in [1.29, 1.82) is 0 Å². The Hall–Kier alpha value is -2.06. The summed E-state index contributed by atoms with van der Waals surface area (Å²) in [6.45, 7) is 3.87. The van der Waals surface area contributed by atoms with Crippen LogP contribution in [0.1, 0.15) is 17.0 Å². The fraction of sp³-hybridized carbons (Fsp3) is 0.267. The second-order valence-corrected chi connectivity index (χ2v) is 6.99. The second kappa shape index (κ2) is 7.01. The molecular formula is C15H16N4O2S2. The highest BCUT2D eigenvalue weighted by atomic mass is 32.2. The summed E-state index contributed by atoms with van der Waals surface area (Å²) < 4.78 is 11.4. The highest BCUT2D eigenvalue weighted by molar-refractivity contribution is 8.00. The Morgan fingerprint density at radius 2 is 2.09 bits per heavy atom. The average Bonchev–Trinajstić information content (AvgIpc) is 3.13. The maximum Gasteiger partial charge on any atom is 0.210 e. The average molecular weight is 348 g/mol. The van der Waals surface area contributed by atoms with Gasteiger partial charge >= 0.3 is 0 Å². The number of methoxy groups -OCH3 is 1. The van der Waals surface area contributed by atoms with Crippen LogP contribution in [0.3, 0.4) is 0 Å². The number of rotatable bonds is 6. The van der Waals surface area contributed by atoms with E-state index in [0.29, 0.717) is 0 Å². The molecule has 0 atom stereocenters. The lowest BCUT2D eigenvalue weighted by molar-refractivity contribution is 0.392. The Morgan fingerprint density at radius 1 is 1.26 bits per heavy atom. The summed E-state index contributed by atoms with van der Waals surface area (Å²) in [6, 6.07) is 7.71. The highest BCUT2D eigenvalue weighted by Crippen LogP contribution is 2.33. The maximum atomic E-state index is 5.32. The fourth-order valence-corrected chi connectivity index (χ4v) is 3.94. The fourth-order valence-electron chi connectivity index (χ4n) is 2.02. The second-order valence-electron chi connectivity index (χ2n) is 4.79. The predicted octanol–water partition coefficient (Wildman–Crippen LogP) is 4.19. The summed E-state index contributed by atoms with van der Waals surface area (Å²) >= 11 is 3.13. The lowest BCUT2D eigenvalue weighted by Crippen LogP contribution is -1.93. The van der Waals surface area contributed by atoms with Gasteiger partial charge in [0.2, 0.25) is 5.13 Å². The minimum Gasteiger partial charge on any atom is -0.495 e. The van der Waals surface area contributed by atoms with Crippen LogP contribution in [-0.2, 0) is 5.75 Å². The van der Waals surface area contributed by atoms with Crippen molar-refractivity contribution in [1.82, 2.24) is 15.4 Å². The van der Waals surface area contributed by atoms with Crippen molar-refractivity contribution in [3.05, 3.63) is 41.3 Å². The van der Waals surface area contributed by atoms with E-state index < -0.39 is 0 Å². The molecule has 0 aliphatic carbocycles. The van der Waals surface area contributed by atoms with Crippen LogP contribution in [0.2, 0.25) is 0 Å². The molecule has 0 fully saturated rings. The van der Waals surface area contributed by atoms with Crippen molar-refractivity contribution in [2.75, 3.05) is 12.4 Å². The molecule has 0 amide bonds. The molecule has 2 heterocycles. The number of aryl methyl sites for hydroxylation is 2. The molecule has 0 aliphatic heterocycles. The molecule has 3 rings (SSSR count). The van der Waals surface area contributed by atoms with E-state index in [4.69, 9.17) is 9.26 Å². The molecule has 3 aromatic rings. The number of nitrogens with one attached hydrogen (secondary N) is 1. The first-order chi connectivity index (χ1) is 11.2. The number of para-hydroxylation sites is 2. The number of hydrogen-bond acceptors (Lipinski definition) is 8. The zero-order chi connectivity index (χ0) is 16.2. The first kappa shape index (κ1) is 15.8. The van der Waals surface area contributed by atoms with Gasteiger partial charge in [-0.1, -0.05) is 40.4 Å². The highest BCUT2D eigenvalue weighted by Gasteiger charge is 2.12. The summed E-state index contributed by atoms with van der Waals surface area (Å²) in [4.78, 5) is 0. The van der Waals surface area contributed by atoms with Gasteiger partial charge in [-0.2, -0.15) is 0 Å². The molecule has 6 nitrogen and oxygen atoms in total. The standard InChI is InChI=1S/C15H16N4O2S2/c1-9-11(10(2)21-19-9)8-22-15-18-17-14(23-15)16-12-6-4-5-7-13(12)20-3/h4-7H,8H2,1-3H3,(H,16,17). The maximum absolute atomic E-state index is 5.32. The topological polar surface area (TPSA) is 73.1 Å². The first-order valence-electron chi connectivity index (χ1n) is 6.95. The molecule has 0 bridgehead atoms. The Morgan fingerprint density at radius 3 is 2.83 bits per heavy atom. The van der Waals surface area contributed by atoms with Crippen LogP contribution in [0.25, 0.3) is 0 Å². The zero-order valence-electron chi connectivity index (χ0n) is 13.0. The number of benzene rings is 1. The van der Waals surface area contributed by atoms with E-state index in [0.717, 1.165) is 43.7 Å². The van der Waals surface area contributed by atoms with Gasteiger partial charge in [0, 0.05) is 11.3 Å². The van der Waals surface area contributed by atoms with Gasteiger partial charge in [0.25, 0.3) is 0 Å². The van der Waals surface area contributed by atoms with Crippen molar-refractivity contribution in [3.63, 3.8) is 0 Å². The van der Waals surface area contributed by atoms with E-state index in [9.17, 15) is 0 Å². The van der Waals surface area contributed by atoms with Crippen LogP contribution in [0.4, 0.5) is 10.8 Å². The van der Waals surface area contributed by atoms with Crippen molar-refractivity contribution < 1.29 is 9.26 Å². The molecule has 1 aromatic carbocycles. The lowest BCUT2D eigenvalue weighted by Gasteiger charge is -2.07. The van der Waals surface area contributed by atoms with Gasteiger partial charge in [0.15, 0.2) is 4.34 Å². The van der Waals surface area contributed by atoms with Crippen molar-refractivity contribution in [2.24, 2.45) is 0 Å². The van der Waals surface area contributed by atoms with E-state index in [-0.39, 0.29) is 0 Å². The summed E-state index contributed by atoms with van der Waals surface area (Å²) in [7, 11) is 1.64. The van der Waals surface area contributed by atoms with Gasteiger partial charge in [-0.3, -0.25) is 0 Å². The van der Waals surface area contributed by atoms with E-state index >= 15 is 0 Å². The molecule has 120 valence electrons. The minimum absolute atomic E-state index is 0.732. The van der Waals surface area contributed by atoms with Crippen LogP contribution in [0.5, 0.6) is 5.75 Å². The molecule has 0 saturated carbocycles. The van der Waals surface area contributed by atoms with E-state index in [1.807, 2.05) is 38.1 Å². The van der Waals surface area contributed by atoms with Gasteiger partial charge in [-0.25, -0.2) is 0 Å². The number of ether oxygens (including phenoxy) is 1. The Bertz CT molecular complexity index is 781. The molecule has 0 aliphatic rings. The molecule has 1 N–H and O–H groups in total. The van der Waals surface area contributed by atoms with Gasteiger partial charge in [-0.05, 0) is 26.0 Å². The van der Waals surface area contributed by atoms with Gasteiger partial charge in [0.1, 0.15) is 11.5 Å². The number of nitrogens with zero attached hydrogens (tertiary/aromatic N) is 3. The summed E-state index contributed by atoms with van der Waals surface area (Å²) in [5.74, 6) is 2.39. The summed E-state index contributed by atoms with van der Waals surface area (Å²) in [6.07, 6.45) is 0. The molecule has 0 spiro atoms. The van der Waals surface area contributed by atoms with Crippen molar-refractivity contribution in [3.8, 4) is 5.75 Å². The molecule has 23 heavy (non-hydrogen) atoms. The minimum atomic E-state index is 0.732. The molecule has 0 saturated heterocycles. The third kappa shape index (κ3) is 3.65. The van der Waals surface area contributed by atoms with Gasteiger partial charge in [-0.15, -0.1) is 10.2 Å². The zero-order valence-corrected chi connectivity index (χ0v) is 14.6. The smallest absolute Gasteiger partial charge is 0.210 e. The molecular weight excluding hydrogens is 332 g/mol. The van der Waals surface area contributed by atoms with E-state index in [1.165, 1.54) is 11.3 Å². The molecule has 2 aromatic heterocycles. The monoisotopic (exact) mass is 348 g/mol. The number of anilines is 2. The van der Waals surface area contributed by atoms with Crippen LogP contribution in [-0.4, -0.2) is 22.5 Å². The van der Waals surface area contributed by atoms with E-state index in [2.05, 4.69) is 20.7 Å². The van der Waals surface area contributed by atoms with Crippen LogP contribution in [0, 0.1) is 13.8 Å². The summed E-state index contributed by atoms with van der Waals surface area (Å²) in [5, 5.41) is 16.3. The third-order valence-corrected chi connectivity index (χ3v) is 5.27. The lowest BCUT2D eigenvalue weighted by atomic mass is 10.2. The molecule has 0 radical (unpaired) electrons. The van der Waals surface area contributed by atoms with E-state index in [1.54, 1.807) is 18.9 Å². The number of hydrogen-bond donors (Lipinski definition) is 1. The van der Waals surface area contributed by atoms with Gasteiger partial charge in [0.05, 0.1) is 18.5 Å². The van der Waals surface area contributed by atoms with Crippen molar-refractivity contribution in [2.45, 2.75) is 23.9 Å². The quantitative estimate of drug-likeness (QED) is 0.670. The Labute approximate surface area is 142 Å².